The Balaban J connectivity index is 2.13. The highest BCUT2D eigenvalue weighted by Crippen LogP contribution is 2.21. The number of hydrogen-bond acceptors (Lipinski definition) is 3. The van der Waals surface area contributed by atoms with Gasteiger partial charge in [-0.1, -0.05) is 23.7 Å². The number of methoxy groups -OCH3 is 1. The number of carbonyl (C=O) groups is 2. The van der Waals surface area contributed by atoms with Crippen molar-refractivity contribution in [1.82, 2.24) is 0 Å². The average molecular weight is 332 g/mol. The lowest BCUT2D eigenvalue weighted by molar-refractivity contribution is -0.111. The molecule has 0 aromatic heterocycles. The molecule has 0 saturated carbocycles. The Kier molecular flexibility index (Phi) is 5.38. The number of anilines is 1. The second-order valence-electron chi connectivity index (χ2n) is 4.59. The van der Waals surface area contributed by atoms with Crippen molar-refractivity contribution in [3.63, 3.8) is 0 Å². The van der Waals surface area contributed by atoms with Crippen molar-refractivity contribution in [2.24, 2.45) is 0 Å². The molecule has 0 bridgehead atoms. The summed E-state index contributed by atoms with van der Waals surface area (Å²) in [5, 5.41) is 11.9. The molecule has 0 heterocycles. The number of halogens is 1. The van der Waals surface area contributed by atoms with E-state index in [9.17, 15) is 9.59 Å². The van der Waals surface area contributed by atoms with Gasteiger partial charge in [0.05, 0.1) is 18.4 Å². The van der Waals surface area contributed by atoms with Gasteiger partial charge in [-0.25, -0.2) is 4.79 Å². The van der Waals surface area contributed by atoms with Gasteiger partial charge in [-0.3, -0.25) is 4.79 Å². The SMILES string of the molecule is COc1cccc(C=CC(=O)Nc2ccc(Cl)cc2C(=O)O)c1. The quantitative estimate of drug-likeness (QED) is 0.819. The molecule has 0 spiro atoms. The van der Waals surface area contributed by atoms with E-state index in [-0.39, 0.29) is 16.3 Å². The molecule has 0 atom stereocenters. The van der Waals surface area contributed by atoms with E-state index in [4.69, 9.17) is 21.4 Å². The molecule has 0 aliphatic rings. The lowest BCUT2D eigenvalue weighted by Crippen LogP contribution is -2.12. The fourth-order valence-corrected chi connectivity index (χ4v) is 2.07. The van der Waals surface area contributed by atoms with Gasteiger partial charge in [-0.15, -0.1) is 0 Å². The fourth-order valence-electron chi connectivity index (χ4n) is 1.89. The maximum absolute atomic E-state index is 11.9. The van der Waals surface area contributed by atoms with Crippen LogP contribution in [-0.4, -0.2) is 24.1 Å². The van der Waals surface area contributed by atoms with Gasteiger partial charge in [0.1, 0.15) is 5.75 Å². The molecule has 6 heteroatoms. The van der Waals surface area contributed by atoms with E-state index in [1.54, 1.807) is 31.4 Å². The Bertz CT molecular complexity index is 771. The van der Waals surface area contributed by atoms with Gasteiger partial charge >= 0.3 is 5.97 Å². The van der Waals surface area contributed by atoms with Gasteiger partial charge in [-0.05, 0) is 42.0 Å². The Morgan fingerprint density at radius 1 is 1.22 bits per heavy atom. The monoisotopic (exact) mass is 331 g/mol. The van der Waals surface area contributed by atoms with E-state index >= 15 is 0 Å². The van der Waals surface area contributed by atoms with Crippen LogP contribution in [0.2, 0.25) is 5.02 Å². The van der Waals surface area contributed by atoms with Crippen molar-refractivity contribution in [2.45, 2.75) is 0 Å². The first-order valence-corrected chi connectivity index (χ1v) is 7.03. The predicted octanol–water partition coefficient (Wildman–Crippen LogP) is 3.70. The molecule has 0 radical (unpaired) electrons. The smallest absolute Gasteiger partial charge is 0.337 e. The molecule has 23 heavy (non-hydrogen) atoms. The van der Waals surface area contributed by atoms with Gasteiger partial charge < -0.3 is 15.2 Å². The number of rotatable bonds is 5. The number of carbonyl (C=O) groups excluding carboxylic acids is 1. The Hall–Kier alpha value is -2.79. The molecule has 0 aliphatic heterocycles. The highest BCUT2D eigenvalue weighted by molar-refractivity contribution is 6.31. The highest BCUT2D eigenvalue weighted by Gasteiger charge is 2.12. The van der Waals surface area contributed by atoms with Crippen LogP contribution in [0, 0.1) is 0 Å². The van der Waals surface area contributed by atoms with Crippen LogP contribution in [0.15, 0.2) is 48.5 Å². The summed E-state index contributed by atoms with van der Waals surface area (Å²) in [6, 6.07) is 11.4. The van der Waals surface area contributed by atoms with Crippen molar-refractivity contribution >= 4 is 35.2 Å². The number of hydrogen-bond donors (Lipinski definition) is 2. The number of ether oxygens (including phenoxy) is 1. The molecule has 2 aromatic carbocycles. The molecular weight excluding hydrogens is 318 g/mol. The fraction of sp³-hybridized carbons (Fsp3) is 0.0588. The average Bonchev–Trinajstić information content (AvgIpc) is 2.54. The van der Waals surface area contributed by atoms with Crippen LogP contribution >= 0.6 is 11.6 Å². The van der Waals surface area contributed by atoms with E-state index in [1.807, 2.05) is 6.07 Å². The van der Waals surface area contributed by atoms with E-state index in [2.05, 4.69) is 5.32 Å². The third kappa shape index (κ3) is 4.59. The van der Waals surface area contributed by atoms with Gasteiger partial charge in [-0.2, -0.15) is 0 Å². The summed E-state index contributed by atoms with van der Waals surface area (Å²) < 4.78 is 5.10. The van der Waals surface area contributed by atoms with Crippen LogP contribution < -0.4 is 10.1 Å². The van der Waals surface area contributed by atoms with Gasteiger partial charge in [0.15, 0.2) is 0 Å². The van der Waals surface area contributed by atoms with Crippen molar-refractivity contribution in [2.75, 3.05) is 12.4 Å². The molecule has 0 unspecified atom stereocenters. The van der Waals surface area contributed by atoms with Crippen LogP contribution in [0.5, 0.6) is 5.75 Å². The molecule has 0 saturated heterocycles. The summed E-state index contributed by atoms with van der Waals surface area (Å²) in [4.78, 5) is 23.1. The number of aromatic carboxylic acids is 1. The summed E-state index contributed by atoms with van der Waals surface area (Å²) in [6.45, 7) is 0. The van der Waals surface area contributed by atoms with Crippen LogP contribution in [0.3, 0.4) is 0 Å². The summed E-state index contributed by atoms with van der Waals surface area (Å²) in [5.74, 6) is -0.935. The van der Waals surface area contributed by atoms with Gasteiger partial charge in [0, 0.05) is 11.1 Å². The number of nitrogens with one attached hydrogen (secondary N) is 1. The van der Waals surface area contributed by atoms with Crippen molar-refractivity contribution in [1.29, 1.82) is 0 Å². The van der Waals surface area contributed by atoms with E-state index < -0.39 is 11.9 Å². The topological polar surface area (TPSA) is 75.6 Å². The molecule has 5 nitrogen and oxygen atoms in total. The minimum atomic E-state index is -1.17. The van der Waals surface area contributed by atoms with Crippen LogP contribution in [-0.2, 0) is 4.79 Å². The molecular formula is C17H14ClNO4. The van der Waals surface area contributed by atoms with Crippen molar-refractivity contribution in [3.05, 3.63) is 64.7 Å². The maximum atomic E-state index is 11.9. The molecule has 2 N–H and O–H groups in total. The molecule has 118 valence electrons. The van der Waals surface area contributed by atoms with Crippen molar-refractivity contribution < 1.29 is 19.4 Å². The van der Waals surface area contributed by atoms with Crippen LogP contribution in [0.25, 0.3) is 6.08 Å². The lowest BCUT2D eigenvalue weighted by atomic mass is 10.1. The van der Waals surface area contributed by atoms with Crippen molar-refractivity contribution in [3.8, 4) is 5.75 Å². The zero-order valence-electron chi connectivity index (χ0n) is 12.2. The molecule has 0 aliphatic carbocycles. The minimum absolute atomic E-state index is 0.0689. The number of carboxylic acid groups (broad SMARTS) is 1. The third-order valence-corrected chi connectivity index (χ3v) is 3.23. The van der Waals surface area contributed by atoms with Gasteiger partial charge in [0.2, 0.25) is 5.91 Å². The van der Waals surface area contributed by atoms with Crippen LogP contribution in [0.1, 0.15) is 15.9 Å². The second kappa shape index (κ2) is 7.47. The third-order valence-electron chi connectivity index (χ3n) is 2.99. The number of carboxylic acids is 1. The first-order valence-electron chi connectivity index (χ1n) is 6.65. The number of amides is 1. The van der Waals surface area contributed by atoms with Crippen LogP contribution in [0.4, 0.5) is 5.69 Å². The Morgan fingerprint density at radius 2 is 2.00 bits per heavy atom. The molecule has 2 aromatic rings. The van der Waals surface area contributed by atoms with Gasteiger partial charge in [0.25, 0.3) is 0 Å². The Morgan fingerprint density at radius 3 is 2.70 bits per heavy atom. The largest absolute Gasteiger partial charge is 0.497 e. The highest BCUT2D eigenvalue weighted by atomic mass is 35.5. The zero-order valence-corrected chi connectivity index (χ0v) is 13.0. The molecule has 1 amide bonds. The summed E-state index contributed by atoms with van der Waals surface area (Å²) >= 11 is 5.77. The summed E-state index contributed by atoms with van der Waals surface area (Å²) in [5.41, 5.74) is 0.900. The number of benzene rings is 2. The zero-order chi connectivity index (χ0) is 16.8. The van der Waals surface area contributed by atoms with E-state index in [0.29, 0.717) is 5.75 Å². The predicted molar refractivity (Wildman–Crippen MR) is 89.1 cm³/mol. The first-order chi connectivity index (χ1) is 11.0. The minimum Gasteiger partial charge on any atom is -0.497 e. The Labute approximate surface area is 138 Å². The standard InChI is InChI=1S/C17H14ClNO4/c1-23-13-4-2-3-11(9-13)5-8-16(20)19-15-7-6-12(18)10-14(15)17(21)22/h2-10H,1H3,(H,19,20)(H,21,22). The van der Waals surface area contributed by atoms with E-state index in [1.165, 1.54) is 24.3 Å². The van der Waals surface area contributed by atoms with E-state index in [0.717, 1.165) is 5.56 Å². The normalized spacial score (nSPS) is 10.5. The molecule has 2 rings (SSSR count). The first kappa shape index (κ1) is 16.6. The second-order valence-corrected chi connectivity index (χ2v) is 5.03. The summed E-state index contributed by atoms with van der Waals surface area (Å²) in [6.07, 6.45) is 2.92. The molecule has 0 fully saturated rings. The summed E-state index contributed by atoms with van der Waals surface area (Å²) in [7, 11) is 1.56. The maximum Gasteiger partial charge on any atom is 0.337 e. The lowest BCUT2D eigenvalue weighted by Gasteiger charge is -2.07.